The maximum Gasteiger partial charge on any atom is 0.115 e. The average molecular weight is 242 g/mol. The SMILES string of the molecule is CCc1cccc(-c2ccc(C(C)OO)cc2)c1. The molecule has 0 aliphatic heterocycles. The van der Waals surface area contributed by atoms with Crippen molar-refractivity contribution in [1.29, 1.82) is 0 Å². The molecule has 0 saturated carbocycles. The molecular formula is C16H18O2. The van der Waals surface area contributed by atoms with E-state index in [4.69, 9.17) is 5.26 Å². The molecule has 0 fully saturated rings. The Morgan fingerprint density at radius 3 is 2.39 bits per heavy atom. The molecule has 2 heteroatoms. The van der Waals surface area contributed by atoms with Crippen molar-refractivity contribution in [2.75, 3.05) is 0 Å². The summed E-state index contributed by atoms with van der Waals surface area (Å²) in [6.07, 6.45) is 0.752. The Morgan fingerprint density at radius 2 is 1.78 bits per heavy atom. The van der Waals surface area contributed by atoms with Crippen LogP contribution in [0.1, 0.15) is 31.1 Å². The topological polar surface area (TPSA) is 29.5 Å². The fraction of sp³-hybridized carbons (Fsp3) is 0.250. The van der Waals surface area contributed by atoms with Crippen LogP contribution in [0.15, 0.2) is 48.5 Å². The van der Waals surface area contributed by atoms with Gasteiger partial charge in [0.25, 0.3) is 0 Å². The molecule has 0 heterocycles. The average Bonchev–Trinajstić information content (AvgIpc) is 2.46. The fourth-order valence-corrected chi connectivity index (χ4v) is 1.98. The molecule has 0 aromatic heterocycles. The van der Waals surface area contributed by atoms with Gasteiger partial charge in [-0.25, -0.2) is 4.89 Å². The maximum absolute atomic E-state index is 8.64. The number of aryl methyl sites for hydroxylation is 1. The summed E-state index contributed by atoms with van der Waals surface area (Å²) in [6.45, 7) is 3.97. The van der Waals surface area contributed by atoms with Crippen LogP contribution in [-0.4, -0.2) is 5.26 Å². The minimum Gasteiger partial charge on any atom is -0.251 e. The van der Waals surface area contributed by atoms with Gasteiger partial charge >= 0.3 is 0 Å². The fourth-order valence-electron chi connectivity index (χ4n) is 1.98. The van der Waals surface area contributed by atoms with Gasteiger partial charge in [0.2, 0.25) is 0 Å². The smallest absolute Gasteiger partial charge is 0.115 e. The molecule has 2 aromatic carbocycles. The molecule has 2 nitrogen and oxygen atoms in total. The first-order chi connectivity index (χ1) is 8.74. The summed E-state index contributed by atoms with van der Waals surface area (Å²) in [4.78, 5) is 4.32. The Bertz CT molecular complexity index is 503. The Labute approximate surface area is 108 Å². The second kappa shape index (κ2) is 5.80. The zero-order valence-electron chi connectivity index (χ0n) is 10.8. The molecule has 0 aliphatic carbocycles. The van der Waals surface area contributed by atoms with E-state index in [2.05, 4.69) is 48.2 Å². The number of hydrogen-bond acceptors (Lipinski definition) is 2. The van der Waals surface area contributed by atoms with Gasteiger partial charge in [-0.3, -0.25) is 5.26 Å². The van der Waals surface area contributed by atoms with E-state index in [1.54, 1.807) is 0 Å². The Hall–Kier alpha value is -1.64. The monoisotopic (exact) mass is 242 g/mol. The van der Waals surface area contributed by atoms with Gasteiger partial charge in [0.05, 0.1) is 0 Å². The standard InChI is InChI=1S/C16H18O2/c1-3-13-5-4-6-16(11-13)15-9-7-14(8-10-15)12(2)18-17/h4-12,17H,3H2,1-2H3. The van der Waals surface area contributed by atoms with Gasteiger partial charge in [0.1, 0.15) is 6.10 Å². The minimum atomic E-state index is -0.291. The normalized spacial score (nSPS) is 12.4. The number of benzene rings is 2. The van der Waals surface area contributed by atoms with Crippen LogP contribution in [0.25, 0.3) is 11.1 Å². The first-order valence-corrected chi connectivity index (χ1v) is 6.24. The van der Waals surface area contributed by atoms with E-state index >= 15 is 0 Å². The van der Waals surface area contributed by atoms with Crippen molar-refractivity contribution in [3.63, 3.8) is 0 Å². The quantitative estimate of drug-likeness (QED) is 0.633. The van der Waals surface area contributed by atoms with E-state index in [9.17, 15) is 0 Å². The van der Waals surface area contributed by atoms with E-state index in [0.717, 1.165) is 12.0 Å². The molecule has 1 atom stereocenters. The van der Waals surface area contributed by atoms with Gasteiger partial charge in [0.15, 0.2) is 0 Å². The van der Waals surface area contributed by atoms with E-state index in [1.165, 1.54) is 16.7 Å². The molecule has 0 amide bonds. The van der Waals surface area contributed by atoms with Gasteiger partial charge in [-0.05, 0) is 35.6 Å². The lowest BCUT2D eigenvalue weighted by Gasteiger charge is -2.09. The van der Waals surface area contributed by atoms with E-state index in [-0.39, 0.29) is 6.10 Å². The molecule has 18 heavy (non-hydrogen) atoms. The van der Waals surface area contributed by atoms with E-state index in [1.807, 2.05) is 19.1 Å². The van der Waals surface area contributed by atoms with Crippen LogP contribution in [0, 0.1) is 0 Å². The Balaban J connectivity index is 2.28. The third kappa shape index (κ3) is 2.78. The first-order valence-electron chi connectivity index (χ1n) is 6.24. The summed E-state index contributed by atoms with van der Waals surface area (Å²) >= 11 is 0. The van der Waals surface area contributed by atoms with Crippen LogP contribution < -0.4 is 0 Å². The zero-order valence-corrected chi connectivity index (χ0v) is 10.8. The Kier molecular flexibility index (Phi) is 4.13. The van der Waals surface area contributed by atoms with Crippen LogP contribution in [0.4, 0.5) is 0 Å². The van der Waals surface area contributed by atoms with Crippen LogP contribution in [0.3, 0.4) is 0 Å². The van der Waals surface area contributed by atoms with Crippen molar-refractivity contribution in [1.82, 2.24) is 0 Å². The highest BCUT2D eigenvalue weighted by atomic mass is 17.1. The summed E-state index contributed by atoms with van der Waals surface area (Å²) in [5.74, 6) is 0. The van der Waals surface area contributed by atoms with Crippen molar-refractivity contribution in [3.05, 3.63) is 59.7 Å². The molecule has 0 radical (unpaired) electrons. The molecule has 94 valence electrons. The number of hydrogen-bond donors (Lipinski definition) is 1. The molecule has 0 bridgehead atoms. The third-order valence-corrected chi connectivity index (χ3v) is 3.21. The molecule has 0 aliphatic rings. The second-order valence-electron chi connectivity index (χ2n) is 4.42. The van der Waals surface area contributed by atoms with Crippen molar-refractivity contribution in [2.45, 2.75) is 26.4 Å². The molecule has 1 N–H and O–H groups in total. The maximum atomic E-state index is 8.64. The van der Waals surface area contributed by atoms with Gasteiger partial charge in [-0.2, -0.15) is 0 Å². The molecule has 0 saturated heterocycles. The molecule has 2 rings (SSSR count). The van der Waals surface area contributed by atoms with E-state index in [0.29, 0.717) is 0 Å². The van der Waals surface area contributed by atoms with Crippen molar-refractivity contribution < 1.29 is 10.1 Å². The van der Waals surface area contributed by atoms with Crippen molar-refractivity contribution >= 4 is 0 Å². The number of rotatable bonds is 4. The third-order valence-electron chi connectivity index (χ3n) is 3.21. The highest BCUT2D eigenvalue weighted by molar-refractivity contribution is 5.64. The summed E-state index contributed by atoms with van der Waals surface area (Å²) in [6, 6.07) is 16.6. The summed E-state index contributed by atoms with van der Waals surface area (Å²) < 4.78 is 0. The van der Waals surface area contributed by atoms with Crippen LogP contribution >= 0.6 is 0 Å². The van der Waals surface area contributed by atoms with E-state index < -0.39 is 0 Å². The molecule has 2 aromatic rings. The summed E-state index contributed by atoms with van der Waals surface area (Å²) in [5, 5.41) is 8.64. The first kappa shape index (κ1) is 12.8. The summed E-state index contributed by atoms with van der Waals surface area (Å²) in [7, 11) is 0. The highest BCUT2D eigenvalue weighted by Gasteiger charge is 2.05. The molecule has 0 spiro atoms. The van der Waals surface area contributed by atoms with Gasteiger partial charge < -0.3 is 0 Å². The molecular weight excluding hydrogens is 224 g/mol. The van der Waals surface area contributed by atoms with Gasteiger partial charge in [0, 0.05) is 0 Å². The van der Waals surface area contributed by atoms with Gasteiger partial charge in [-0.1, -0.05) is 55.5 Å². The van der Waals surface area contributed by atoms with Gasteiger partial charge in [-0.15, -0.1) is 0 Å². The predicted octanol–water partition coefficient (Wildman–Crippen LogP) is 4.47. The van der Waals surface area contributed by atoms with Crippen LogP contribution in [0.5, 0.6) is 0 Å². The largest absolute Gasteiger partial charge is 0.251 e. The zero-order chi connectivity index (χ0) is 13.0. The lowest BCUT2D eigenvalue weighted by molar-refractivity contribution is -0.277. The van der Waals surface area contributed by atoms with Crippen LogP contribution in [0.2, 0.25) is 0 Å². The van der Waals surface area contributed by atoms with Crippen molar-refractivity contribution in [3.8, 4) is 11.1 Å². The lowest BCUT2D eigenvalue weighted by atomic mass is 10.00. The summed E-state index contributed by atoms with van der Waals surface area (Å²) in [5.41, 5.74) is 4.70. The highest BCUT2D eigenvalue weighted by Crippen LogP contribution is 2.23. The predicted molar refractivity (Wildman–Crippen MR) is 73.4 cm³/mol. The van der Waals surface area contributed by atoms with Crippen LogP contribution in [-0.2, 0) is 11.3 Å². The Morgan fingerprint density at radius 1 is 1.06 bits per heavy atom. The lowest BCUT2D eigenvalue weighted by Crippen LogP contribution is -1.95. The minimum absolute atomic E-state index is 0.291. The van der Waals surface area contributed by atoms with Crippen molar-refractivity contribution in [2.24, 2.45) is 0 Å². The molecule has 1 unspecified atom stereocenters. The second-order valence-corrected chi connectivity index (χ2v) is 4.42.